The van der Waals surface area contributed by atoms with Crippen molar-refractivity contribution >= 4 is 22.6 Å². The number of hydrogen-bond acceptors (Lipinski definition) is 4. The van der Waals surface area contributed by atoms with Crippen LogP contribution in [0.3, 0.4) is 0 Å². The third kappa shape index (κ3) is 1.73. The number of rotatable bonds is 2. The van der Waals surface area contributed by atoms with E-state index in [2.05, 4.69) is 4.74 Å². The average Bonchev–Trinajstić information content (AvgIpc) is 2.65. The van der Waals surface area contributed by atoms with E-state index in [9.17, 15) is 14.9 Å². The molecule has 0 aliphatic heterocycles. The summed E-state index contributed by atoms with van der Waals surface area (Å²) < 4.78 is 6.36. The maximum atomic E-state index is 11.5. The molecular weight excluding hydrogens is 224 g/mol. The maximum absolute atomic E-state index is 11.5. The zero-order chi connectivity index (χ0) is 12.6. The summed E-state index contributed by atoms with van der Waals surface area (Å²) in [4.78, 5) is 21.7. The Kier molecular flexibility index (Phi) is 2.55. The molecule has 1 aromatic carbocycles. The summed E-state index contributed by atoms with van der Waals surface area (Å²) in [5, 5.41) is 11.2. The molecule has 0 saturated carbocycles. The minimum atomic E-state index is -0.504. The minimum absolute atomic E-state index is 0.0474. The van der Waals surface area contributed by atoms with Gasteiger partial charge in [-0.3, -0.25) is 10.1 Å². The number of nitro groups is 1. The van der Waals surface area contributed by atoms with Crippen LogP contribution in [0.25, 0.3) is 10.9 Å². The Morgan fingerprint density at radius 3 is 2.76 bits per heavy atom. The highest BCUT2D eigenvalue weighted by Crippen LogP contribution is 2.25. The first-order valence-electron chi connectivity index (χ1n) is 4.86. The van der Waals surface area contributed by atoms with Crippen LogP contribution >= 0.6 is 0 Å². The van der Waals surface area contributed by atoms with E-state index in [-0.39, 0.29) is 5.69 Å². The fourth-order valence-electron chi connectivity index (χ4n) is 1.77. The summed E-state index contributed by atoms with van der Waals surface area (Å²) in [6, 6.07) is 4.39. The predicted octanol–water partition coefficient (Wildman–Crippen LogP) is 1.87. The van der Waals surface area contributed by atoms with Gasteiger partial charge in [0.15, 0.2) is 0 Å². The Morgan fingerprint density at radius 1 is 1.47 bits per heavy atom. The molecule has 0 aliphatic rings. The molecule has 0 fully saturated rings. The lowest BCUT2D eigenvalue weighted by atomic mass is 10.1. The van der Waals surface area contributed by atoms with Crippen molar-refractivity contribution in [2.75, 3.05) is 7.11 Å². The second-order valence-electron chi connectivity index (χ2n) is 3.60. The van der Waals surface area contributed by atoms with E-state index in [0.717, 1.165) is 5.52 Å². The molecule has 0 N–H and O–H groups in total. The first kappa shape index (κ1) is 11.1. The van der Waals surface area contributed by atoms with Crippen molar-refractivity contribution in [3.8, 4) is 0 Å². The molecule has 2 aromatic rings. The topological polar surface area (TPSA) is 74.4 Å². The fraction of sp³-hybridized carbons (Fsp3) is 0.182. The van der Waals surface area contributed by atoms with Gasteiger partial charge >= 0.3 is 5.97 Å². The molecule has 6 nitrogen and oxygen atoms in total. The van der Waals surface area contributed by atoms with Crippen molar-refractivity contribution in [1.82, 2.24) is 4.57 Å². The van der Waals surface area contributed by atoms with Crippen LogP contribution in [0.1, 0.15) is 10.4 Å². The molecule has 2 rings (SSSR count). The number of aryl methyl sites for hydroxylation is 1. The first-order chi connectivity index (χ1) is 8.04. The van der Waals surface area contributed by atoms with Crippen molar-refractivity contribution in [2.24, 2.45) is 7.05 Å². The van der Waals surface area contributed by atoms with Gasteiger partial charge in [0.1, 0.15) is 0 Å². The SMILES string of the molecule is COC(=O)c1cn(C)c2ccc([N+](=O)[O-])cc12. The number of ether oxygens (including phenoxy) is 1. The van der Waals surface area contributed by atoms with Crippen LogP contribution < -0.4 is 0 Å². The molecular formula is C11H10N2O4. The van der Waals surface area contributed by atoms with Crippen LogP contribution in [0.15, 0.2) is 24.4 Å². The number of nitrogens with zero attached hydrogens (tertiary/aromatic N) is 2. The van der Waals surface area contributed by atoms with Gasteiger partial charge in [-0.25, -0.2) is 4.79 Å². The zero-order valence-corrected chi connectivity index (χ0v) is 9.34. The van der Waals surface area contributed by atoms with Crippen LogP contribution in [0.4, 0.5) is 5.69 Å². The molecule has 6 heteroatoms. The highest BCUT2D eigenvalue weighted by atomic mass is 16.6. The maximum Gasteiger partial charge on any atom is 0.340 e. The van der Waals surface area contributed by atoms with E-state index in [1.165, 1.54) is 19.2 Å². The number of non-ortho nitro benzene ring substituents is 1. The van der Waals surface area contributed by atoms with E-state index in [1.807, 2.05) is 0 Å². The van der Waals surface area contributed by atoms with Crippen molar-refractivity contribution in [1.29, 1.82) is 0 Å². The molecule has 0 saturated heterocycles. The molecule has 1 heterocycles. The Morgan fingerprint density at radius 2 is 2.18 bits per heavy atom. The third-order valence-electron chi connectivity index (χ3n) is 2.59. The van der Waals surface area contributed by atoms with Crippen molar-refractivity contribution < 1.29 is 14.5 Å². The highest BCUT2D eigenvalue weighted by Gasteiger charge is 2.17. The summed E-state index contributed by atoms with van der Waals surface area (Å²) in [5.74, 6) is -0.504. The van der Waals surface area contributed by atoms with Crippen LogP contribution in [0, 0.1) is 10.1 Å². The molecule has 0 bridgehead atoms. The van der Waals surface area contributed by atoms with Crippen molar-refractivity contribution in [3.05, 3.63) is 40.1 Å². The van der Waals surface area contributed by atoms with Gasteiger partial charge in [-0.2, -0.15) is 0 Å². The van der Waals surface area contributed by atoms with Gasteiger partial charge in [-0.15, -0.1) is 0 Å². The van der Waals surface area contributed by atoms with Gasteiger partial charge in [0, 0.05) is 36.3 Å². The van der Waals surface area contributed by atoms with Crippen molar-refractivity contribution in [2.45, 2.75) is 0 Å². The monoisotopic (exact) mass is 234 g/mol. The molecule has 88 valence electrons. The summed E-state index contributed by atoms with van der Waals surface area (Å²) >= 11 is 0. The molecule has 0 radical (unpaired) electrons. The molecule has 0 atom stereocenters. The van der Waals surface area contributed by atoms with Gasteiger partial charge in [0.05, 0.1) is 17.6 Å². The van der Waals surface area contributed by atoms with E-state index in [4.69, 9.17) is 0 Å². The summed E-state index contributed by atoms with van der Waals surface area (Å²) in [6.07, 6.45) is 1.60. The quantitative estimate of drug-likeness (QED) is 0.451. The molecule has 17 heavy (non-hydrogen) atoms. The normalized spacial score (nSPS) is 10.5. The van der Waals surface area contributed by atoms with E-state index in [0.29, 0.717) is 10.9 Å². The summed E-state index contributed by atoms with van der Waals surface area (Å²) in [7, 11) is 3.04. The number of nitro benzene ring substituents is 1. The van der Waals surface area contributed by atoms with E-state index in [1.54, 1.807) is 23.9 Å². The lowest BCUT2D eigenvalue weighted by molar-refractivity contribution is -0.384. The minimum Gasteiger partial charge on any atom is -0.465 e. The Labute approximate surface area is 96.6 Å². The summed E-state index contributed by atoms with van der Waals surface area (Å²) in [6.45, 7) is 0. The summed E-state index contributed by atoms with van der Waals surface area (Å²) in [5.41, 5.74) is 1.03. The van der Waals surface area contributed by atoms with Gasteiger partial charge in [-0.05, 0) is 6.07 Å². The van der Waals surface area contributed by atoms with Crippen LogP contribution in [-0.4, -0.2) is 22.6 Å². The third-order valence-corrected chi connectivity index (χ3v) is 2.59. The second-order valence-corrected chi connectivity index (χ2v) is 3.60. The van der Waals surface area contributed by atoms with Crippen LogP contribution in [-0.2, 0) is 11.8 Å². The number of methoxy groups -OCH3 is 1. The number of esters is 1. The van der Waals surface area contributed by atoms with Gasteiger partial charge in [-0.1, -0.05) is 0 Å². The van der Waals surface area contributed by atoms with Crippen LogP contribution in [0.2, 0.25) is 0 Å². The number of carbonyl (C=O) groups excluding carboxylic acids is 1. The van der Waals surface area contributed by atoms with Crippen molar-refractivity contribution in [3.63, 3.8) is 0 Å². The predicted molar refractivity (Wildman–Crippen MR) is 60.9 cm³/mol. The fourth-order valence-corrected chi connectivity index (χ4v) is 1.77. The Bertz CT molecular complexity index is 615. The number of benzene rings is 1. The number of carbonyl (C=O) groups is 1. The van der Waals surface area contributed by atoms with Crippen LogP contribution in [0.5, 0.6) is 0 Å². The highest BCUT2D eigenvalue weighted by molar-refractivity contribution is 6.04. The lowest BCUT2D eigenvalue weighted by Crippen LogP contribution is -1.99. The standard InChI is InChI=1S/C11H10N2O4/c1-12-6-9(11(14)17-2)8-5-7(13(15)16)3-4-10(8)12/h3-6H,1-2H3. The van der Waals surface area contributed by atoms with E-state index >= 15 is 0 Å². The zero-order valence-electron chi connectivity index (χ0n) is 9.34. The van der Waals surface area contributed by atoms with Gasteiger partial charge in [0.2, 0.25) is 0 Å². The molecule has 0 spiro atoms. The van der Waals surface area contributed by atoms with E-state index < -0.39 is 10.9 Å². The van der Waals surface area contributed by atoms with Gasteiger partial charge in [0.25, 0.3) is 5.69 Å². The van der Waals surface area contributed by atoms with Gasteiger partial charge < -0.3 is 9.30 Å². The Hall–Kier alpha value is -2.37. The smallest absolute Gasteiger partial charge is 0.340 e. The number of hydrogen-bond donors (Lipinski definition) is 0. The average molecular weight is 234 g/mol. The number of fused-ring (bicyclic) bond motifs is 1. The first-order valence-corrected chi connectivity index (χ1v) is 4.86. The molecule has 0 amide bonds. The second kappa shape index (κ2) is 3.89. The largest absolute Gasteiger partial charge is 0.465 e. The number of aromatic nitrogens is 1. The lowest BCUT2D eigenvalue weighted by Gasteiger charge is -1.97. The molecule has 0 aliphatic carbocycles. The molecule has 0 unspecified atom stereocenters. The molecule has 1 aromatic heterocycles. The Balaban J connectivity index is 2.73.